The minimum absolute atomic E-state index is 0.534. The number of ether oxygens (including phenoxy) is 1. The number of para-hydroxylation sites is 1. The number of rotatable bonds is 3. The van der Waals surface area contributed by atoms with Crippen molar-refractivity contribution < 1.29 is 4.74 Å². The van der Waals surface area contributed by atoms with E-state index < -0.39 is 0 Å². The van der Waals surface area contributed by atoms with E-state index in [1.165, 1.54) is 0 Å². The molecule has 94 valence electrons. The maximum atomic E-state index is 5.95. The first-order chi connectivity index (χ1) is 9.38. The Labute approximate surface area is 112 Å². The molecule has 0 aliphatic heterocycles. The minimum atomic E-state index is 0.534. The summed E-state index contributed by atoms with van der Waals surface area (Å²) in [7, 11) is 0. The molecule has 0 radical (unpaired) electrons. The third kappa shape index (κ3) is 2.30. The summed E-state index contributed by atoms with van der Waals surface area (Å²) in [6, 6.07) is 22.0. The molecule has 0 heterocycles. The van der Waals surface area contributed by atoms with Gasteiger partial charge in [0.2, 0.25) is 0 Å². The fourth-order valence-electron chi connectivity index (χ4n) is 2.23. The molecule has 0 aliphatic carbocycles. The van der Waals surface area contributed by atoms with Crippen molar-refractivity contribution in [3.8, 4) is 11.5 Å². The molecular weight excluding hydrogens is 234 g/mol. The predicted molar refractivity (Wildman–Crippen MR) is 78.4 cm³/mol. The first-order valence-electron chi connectivity index (χ1n) is 6.32. The summed E-state index contributed by atoms with van der Waals surface area (Å²) in [6.45, 7) is 0.534. The van der Waals surface area contributed by atoms with E-state index in [4.69, 9.17) is 10.5 Å². The van der Waals surface area contributed by atoms with Crippen molar-refractivity contribution >= 4 is 10.8 Å². The highest BCUT2D eigenvalue weighted by molar-refractivity contribution is 5.91. The average molecular weight is 249 g/mol. The van der Waals surface area contributed by atoms with Gasteiger partial charge in [-0.2, -0.15) is 0 Å². The SMILES string of the molecule is NCc1cccc2c(Oc3ccccc3)cccc12. The second-order valence-electron chi connectivity index (χ2n) is 4.39. The fourth-order valence-corrected chi connectivity index (χ4v) is 2.23. The Bertz CT molecular complexity index is 692. The molecule has 2 heteroatoms. The van der Waals surface area contributed by atoms with Gasteiger partial charge < -0.3 is 10.5 Å². The molecule has 0 bridgehead atoms. The van der Waals surface area contributed by atoms with Crippen LogP contribution in [0, 0.1) is 0 Å². The van der Waals surface area contributed by atoms with Gasteiger partial charge in [0.15, 0.2) is 0 Å². The molecule has 3 aromatic rings. The predicted octanol–water partition coefficient (Wildman–Crippen LogP) is 4.09. The lowest BCUT2D eigenvalue weighted by Gasteiger charge is -2.10. The molecule has 0 fully saturated rings. The van der Waals surface area contributed by atoms with Crippen LogP contribution in [0.25, 0.3) is 10.8 Å². The standard InChI is InChI=1S/C17H15NO/c18-12-13-6-4-10-16-15(13)9-5-11-17(16)19-14-7-2-1-3-8-14/h1-11H,12,18H2. The molecule has 2 nitrogen and oxygen atoms in total. The summed E-state index contributed by atoms with van der Waals surface area (Å²) in [5.41, 5.74) is 6.91. The van der Waals surface area contributed by atoms with Crippen LogP contribution in [0.2, 0.25) is 0 Å². The van der Waals surface area contributed by atoms with Gasteiger partial charge in [-0.3, -0.25) is 0 Å². The average Bonchev–Trinajstić information content (AvgIpc) is 2.48. The monoisotopic (exact) mass is 249 g/mol. The van der Waals surface area contributed by atoms with Gasteiger partial charge in [-0.25, -0.2) is 0 Å². The first-order valence-corrected chi connectivity index (χ1v) is 6.32. The molecule has 0 aliphatic rings. The molecule has 0 spiro atoms. The Morgan fingerprint density at radius 3 is 2.26 bits per heavy atom. The molecule has 0 unspecified atom stereocenters. The maximum Gasteiger partial charge on any atom is 0.135 e. The number of hydrogen-bond donors (Lipinski definition) is 1. The van der Waals surface area contributed by atoms with Crippen LogP contribution >= 0.6 is 0 Å². The van der Waals surface area contributed by atoms with E-state index in [1.54, 1.807) is 0 Å². The summed E-state index contributed by atoms with van der Waals surface area (Å²) >= 11 is 0. The Morgan fingerprint density at radius 2 is 1.47 bits per heavy atom. The molecule has 2 N–H and O–H groups in total. The van der Waals surface area contributed by atoms with Gasteiger partial charge in [0.1, 0.15) is 11.5 Å². The summed E-state index contributed by atoms with van der Waals surface area (Å²) in [4.78, 5) is 0. The summed E-state index contributed by atoms with van der Waals surface area (Å²) < 4.78 is 5.95. The third-order valence-corrected chi connectivity index (χ3v) is 3.16. The first kappa shape index (κ1) is 11.8. The van der Waals surface area contributed by atoms with Crippen molar-refractivity contribution in [1.29, 1.82) is 0 Å². The zero-order valence-electron chi connectivity index (χ0n) is 10.5. The second kappa shape index (κ2) is 5.12. The molecule has 3 aromatic carbocycles. The largest absolute Gasteiger partial charge is 0.457 e. The number of fused-ring (bicyclic) bond motifs is 1. The van der Waals surface area contributed by atoms with E-state index in [0.29, 0.717) is 6.54 Å². The lowest BCUT2D eigenvalue weighted by Crippen LogP contribution is -1.97. The molecule has 0 amide bonds. The number of nitrogens with two attached hydrogens (primary N) is 1. The van der Waals surface area contributed by atoms with Crippen LogP contribution < -0.4 is 10.5 Å². The van der Waals surface area contributed by atoms with Crippen LogP contribution in [0.3, 0.4) is 0 Å². The van der Waals surface area contributed by atoms with Gasteiger partial charge >= 0.3 is 0 Å². The third-order valence-electron chi connectivity index (χ3n) is 3.16. The van der Waals surface area contributed by atoms with Crippen LogP contribution in [0.15, 0.2) is 66.7 Å². The van der Waals surface area contributed by atoms with E-state index in [2.05, 4.69) is 18.2 Å². The van der Waals surface area contributed by atoms with Gasteiger partial charge in [-0.15, -0.1) is 0 Å². The molecule has 19 heavy (non-hydrogen) atoms. The second-order valence-corrected chi connectivity index (χ2v) is 4.39. The van der Waals surface area contributed by atoms with Crippen LogP contribution in [-0.2, 0) is 6.54 Å². The van der Waals surface area contributed by atoms with Crippen molar-refractivity contribution in [2.24, 2.45) is 5.73 Å². The van der Waals surface area contributed by atoms with E-state index in [1.807, 2.05) is 48.5 Å². The van der Waals surface area contributed by atoms with E-state index in [9.17, 15) is 0 Å². The van der Waals surface area contributed by atoms with Crippen LogP contribution in [0.4, 0.5) is 0 Å². The van der Waals surface area contributed by atoms with Gasteiger partial charge in [0.05, 0.1) is 0 Å². The lowest BCUT2D eigenvalue weighted by atomic mass is 10.0. The van der Waals surface area contributed by atoms with Crippen molar-refractivity contribution in [2.75, 3.05) is 0 Å². The molecule has 0 atom stereocenters. The quantitative estimate of drug-likeness (QED) is 0.758. The van der Waals surface area contributed by atoms with Gasteiger partial charge in [-0.1, -0.05) is 48.5 Å². The number of benzene rings is 3. The Kier molecular flexibility index (Phi) is 3.17. The summed E-state index contributed by atoms with van der Waals surface area (Å²) in [5, 5.41) is 2.24. The highest BCUT2D eigenvalue weighted by atomic mass is 16.5. The van der Waals surface area contributed by atoms with Gasteiger partial charge in [-0.05, 0) is 29.1 Å². The highest BCUT2D eigenvalue weighted by Gasteiger charge is 2.05. The molecular formula is C17H15NO. The highest BCUT2D eigenvalue weighted by Crippen LogP contribution is 2.31. The van der Waals surface area contributed by atoms with E-state index in [0.717, 1.165) is 27.8 Å². The van der Waals surface area contributed by atoms with Crippen molar-refractivity contribution in [2.45, 2.75) is 6.54 Å². The molecule has 0 aromatic heterocycles. The topological polar surface area (TPSA) is 35.2 Å². The molecule has 0 saturated heterocycles. The van der Waals surface area contributed by atoms with E-state index in [-0.39, 0.29) is 0 Å². The van der Waals surface area contributed by atoms with Crippen molar-refractivity contribution in [3.63, 3.8) is 0 Å². The van der Waals surface area contributed by atoms with Crippen molar-refractivity contribution in [3.05, 3.63) is 72.3 Å². The molecule has 3 rings (SSSR count). The zero-order valence-corrected chi connectivity index (χ0v) is 10.5. The molecule has 0 saturated carbocycles. The zero-order chi connectivity index (χ0) is 13.1. The van der Waals surface area contributed by atoms with Crippen LogP contribution in [0.1, 0.15) is 5.56 Å². The normalized spacial score (nSPS) is 10.6. The minimum Gasteiger partial charge on any atom is -0.457 e. The Balaban J connectivity index is 2.09. The Hall–Kier alpha value is -2.32. The van der Waals surface area contributed by atoms with E-state index >= 15 is 0 Å². The summed E-state index contributed by atoms with van der Waals surface area (Å²) in [6.07, 6.45) is 0. The van der Waals surface area contributed by atoms with Crippen molar-refractivity contribution in [1.82, 2.24) is 0 Å². The van der Waals surface area contributed by atoms with Crippen LogP contribution in [0.5, 0.6) is 11.5 Å². The summed E-state index contributed by atoms with van der Waals surface area (Å²) in [5.74, 6) is 1.70. The Morgan fingerprint density at radius 1 is 0.737 bits per heavy atom. The van der Waals surface area contributed by atoms with Gasteiger partial charge in [0.25, 0.3) is 0 Å². The fraction of sp³-hybridized carbons (Fsp3) is 0.0588. The number of hydrogen-bond acceptors (Lipinski definition) is 2. The van der Waals surface area contributed by atoms with Gasteiger partial charge in [0, 0.05) is 11.9 Å². The van der Waals surface area contributed by atoms with Crippen LogP contribution in [-0.4, -0.2) is 0 Å². The smallest absolute Gasteiger partial charge is 0.135 e. The lowest BCUT2D eigenvalue weighted by molar-refractivity contribution is 0.488. The maximum absolute atomic E-state index is 5.95.